The molecule has 1 N–H and O–H groups in total. The van der Waals surface area contributed by atoms with Gasteiger partial charge in [0.05, 0.1) is 6.10 Å². The Morgan fingerprint density at radius 2 is 1.84 bits per heavy atom. The number of ether oxygens (including phenoxy) is 1. The summed E-state index contributed by atoms with van der Waals surface area (Å²) in [6.07, 6.45) is 1.34. The molecule has 3 rings (SSSR count). The predicted octanol–water partition coefficient (Wildman–Crippen LogP) is 3.46. The fourth-order valence-electron chi connectivity index (χ4n) is 4.24. The summed E-state index contributed by atoms with van der Waals surface area (Å²) in [4.78, 5) is 5.07. The summed E-state index contributed by atoms with van der Waals surface area (Å²) >= 11 is 0. The average Bonchev–Trinajstić information content (AvgIpc) is 2.85. The van der Waals surface area contributed by atoms with Crippen molar-refractivity contribution in [3.05, 3.63) is 29.8 Å². The van der Waals surface area contributed by atoms with Crippen LogP contribution in [0.15, 0.2) is 24.3 Å². The Morgan fingerprint density at radius 3 is 2.44 bits per heavy atom. The largest absolute Gasteiger partial charge is 0.369 e. The number of rotatable bonds is 5. The molecule has 0 saturated carbocycles. The molecule has 2 atom stereocenters. The van der Waals surface area contributed by atoms with Crippen LogP contribution in [0.2, 0.25) is 0 Å². The minimum atomic E-state index is -0.579. The topological polar surface area (TPSA) is 35.9 Å². The highest BCUT2D eigenvalue weighted by atomic mass is 16.6. The molecule has 2 aliphatic rings. The molecule has 2 unspecified atom stereocenters. The van der Waals surface area contributed by atoms with Crippen molar-refractivity contribution in [3.63, 3.8) is 0 Å². The molecule has 140 valence electrons. The summed E-state index contributed by atoms with van der Waals surface area (Å²) < 4.78 is 5.72. The molecule has 1 aromatic rings. The number of hydrogen-bond donors (Lipinski definition) is 1. The second-order valence-corrected chi connectivity index (χ2v) is 8.60. The fourth-order valence-corrected chi connectivity index (χ4v) is 4.24. The maximum Gasteiger partial charge on any atom is 0.155 e. The Morgan fingerprint density at radius 1 is 1.16 bits per heavy atom. The normalized spacial score (nSPS) is 27.2. The van der Waals surface area contributed by atoms with Crippen molar-refractivity contribution in [1.82, 2.24) is 4.90 Å². The van der Waals surface area contributed by atoms with Crippen molar-refractivity contribution in [2.75, 3.05) is 37.6 Å². The van der Waals surface area contributed by atoms with Crippen LogP contribution in [-0.2, 0) is 4.74 Å². The molecule has 4 nitrogen and oxygen atoms in total. The molecular weight excluding hydrogens is 312 g/mol. The molecule has 2 aliphatic heterocycles. The molecule has 0 bridgehead atoms. The minimum absolute atomic E-state index is 0.0808. The highest BCUT2D eigenvalue weighted by molar-refractivity contribution is 5.55. The van der Waals surface area contributed by atoms with E-state index in [-0.39, 0.29) is 11.5 Å². The lowest BCUT2D eigenvalue weighted by Crippen LogP contribution is -2.47. The molecule has 0 radical (unpaired) electrons. The van der Waals surface area contributed by atoms with E-state index in [1.54, 1.807) is 0 Å². The van der Waals surface area contributed by atoms with Crippen molar-refractivity contribution in [2.24, 2.45) is 5.41 Å². The first-order chi connectivity index (χ1) is 11.9. The van der Waals surface area contributed by atoms with Crippen LogP contribution in [0.3, 0.4) is 0 Å². The average molecular weight is 347 g/mol. The van der Waals surface area contributed by atoms with Gasteiger partial charge in [-0.3, -0.25) is 4.90 Å². The van der Waals surface area contributed by atoms with E-state index in [1.807, 2.05) is 0 Å². The number of anilines is 1. The number of para-hydroxylation sites is 1. The molecule has 2 fully saturated rings. The second kappa shape index (κ2) is 7.65. The number of hydrogen-bond acceptors (Lipinski definition) is 4. The first-order valence-corrected chi connectivity index (χ1v) is 9.76. The van der Waals surface area contributed by atoms with Gasteiger partial charge in [0.2, 0.25) is 0 Å². The van der Waals surface area contributed by atoms with Gasteiger partial charge in [-0.1, -0.05) is 45.9 Å². The highest BCUT2D eigenvalue weighted by Gasteiger charge is 2.40. The predicted molar refractivity (Wildman–Crippen MR) is 103 cm³/mol. The van der Waals surface area contributed by atoms with E-state index < -0.39 is 6.29 Å². The SMILES string of the molecule is CC(C)c1ccccc1N1CCN(CCC2OC(O)CC2(C)C)CC1. The molecule has 0 aliphatic carbocycles. The van der Waals surface area contributed by atoms with Crippen LogP contribution < -0.4 is 4.90 Å². The first kappa shape index (κ1) is 18.7. The quantitative estimate of drug-likeness (QED) is 0.886. The third kappa shape index (κ3) is 4.36. The monoisotopic (exact) mass is 346 g/mol. The molecule has 0 amide bonds. The number of aliphatic hydroxyl groups excluding tert-OH is 1. The maximum absolute atomic E-state index is 9.76. The lowest BCUT2D eigenvalue weighted by atomic mass is 9.84. The summed E-state index contributed by atoms with van der Waals surface area (Å²) in [6, 6.07) is 8.82. The standard InChI is InChI=1S/C21H34N2O2/c1-16(2)17-7-5-6-8-18(17)23-13-11-22(12-14-23)10-9-19-21(3,4)15-20(24)25-19/h5-8,16,19-20,24H,9-15H2,1-4H3. The van der Waals surface area contributed by atoms with Crippen LogP contribution in [-0.4, -0.2) is 55.1 Å². The van der Waals surface area contributed by atoms with Gasteiger partial charge >= 0.3 is 0 Å². The summed E-state index contributed by atoms with van der Waals surface area (Å²) in [5.74, 6) is 0.558. The minimum Gasteiger partial charge on any atom is -0.369 e. The molecule has 25 heavy (non-hydrogen) atoms. The Labute approximate surface area is 152 Å². The molecule has 4 heteroatoms. The van der Waals surface area contributed by atoms with Gasteiger partial charge in [-0.25, -0.2) is 0 Å². The third-order valence-corrected chi connectivity index (χ3v) is 5.87. The van der Waals surface area contributed by atoms with E-state index in [0.717, 1.165) is 45.6 Å². The molecule has 2 saturated heterocycles. The third-order valence-electron chi connectivity index (χ3n) is 5.87. The van der Waals surface area contributed by atoms with Crippen LogP contribution in [0.5, 0.6) is 0 Å². The zero-order valence-electron chi connectivity index (χ0n) is 16.2. The summed E-state index contributed by atoms with van der Waals surface area (Å²) in [6.45, 7) is 14.4. The van der Waals surface area contributed by atoms with E-state index in [9.17, 15) is 5.11 Å². The second-order valence-electron chi connectivity index (χ2n) is 8.60. The maximum atomic E-state index is 9.76. The van der Waals surface area contributed by atoms with Crippen LogP contribution in [0.4, 0.5) is 5.69 Å². The molecule has 1 aromatic carbocycles. The van der Waals surface area contributed by atoms with Crippen LogP contribution in [0.25, 0.3) is 0 Å². The van der Waals surface area contributed by atoms with Crippen molar-refractivity contribution < 1.29 is 9.84 Å². The Kier molecular flexibility index (Phi) is 5.71. The number of benzene rings is 1. The number of nitrogens with zero attached hydrogens (tertiary/aromatic N) is 2. The van der Waals surface area contributed by atoms with Crippen LogP contribution in [0, 0.1) is 5.41 Å². The summed E-state index contributed by atoms with van der Waals surface area (Å²) in [5, 5.41) is 9.76. The van der Waals surface area contributed by atoms with Crippen molar-refractivity contribution >= 4 is 5.69 Å². The zero-order valence-corrected chi connectivity index (χ0v) is 16.2. The van der Waals surface area contributed by atoms with Gasteiger partial charge < -0.3 is 14.7 Å². The Hall–Kier alpha value is -1.10. The number of aliphatic hydroxyl groups is 1. The summed E-state index contributed by atoms with van der Waals surface area (Å²) in [7, 11) is 0. The molecular formula is C21H34N2O2. The molecule has 0 aromatic heterocycles. The van der Waals surface area contributed by atoms with Gasteiger partial charge in [0.25, 0.3) is 0 Å². The lowest BCUT2D eigenvalue weighted by molar-refractivity contribution is -0.0979. The van der Waals surface area contributed by atoms with E-state index in [0.29, 0.717) is 5.92 Å². The Bertz CT molecular complexity index is 565. The van der Waals surface area contributed by atoms with Gasteiger partial charge in [-0.2, -0.15) is 0 Å². The van der Waals surface area contributed by atoms with Gasteiger partial charge in [0, 0.05) is 44.8 Å². The van der Waals surface area contributed by atoms with Crippen LogP contribution in [0.1, 0.15) is 52.0 Å². The van der Waals surface area contributed by atoms with Gasteiger partial charge in [0.1, 0.15) is 0 Å². The van der Waals surface area contributed by atoms with Crippen molar-refractivity contribution in [2.45, 2.75) is 58.8 Å². The van der Waals surface area contributed by atoms with Crippen LogP contribution >= 0.6 is 0 Å². The van der Waals surface area contributed by atoms with E-state index in [2.05, 4.69) is 61.8 Å². The van der Waals surface area contributed by atoms with Crippen molar-refractivity contribution in [3.8, 4) is 0 Å². The molecule has 2 heterocycles. The van der Waals surface area contributed by atoms with E-state index >= 15 is 0 Å². The van der Waals surface area contributed by atoms with Gasteiger partial charge in [-0.05, 0) is 29.4 Å². The lowest BCUT2D eigenvalue weighted by Gasteiger charge is -2.38. The Balaban J connectivity index is 1.51. The molecule has 0 spiro atoms. The van der Waals surface area contributed by atoms with E-state index in [1.165, 1.54) is 11.3 Å². The fraction of sp³-hybridized carbons (Fsp3) is 0.714. The summed E-state index contributed by atoms with van der Waals surface area (Å²) in [5.41, 5.74) is 2.93. The first-order valence-electron chi connectivity index (χ1n) is 9.76. The number of piperazine rings is 1. The highest BCUT2D eigenvalue weighted by Crippen LogP contribution is 2.38. The van der Waals surface area contributed by atoms with Gasteiger partial charge in [0.15, 0.2) is 6.29 Å². The van der Waals surface area contributed by atoms with E-state index in [4.69, 9.17) is 4.74 Å². The van der Waals surface area contributed by atoms with Crippen molar-refractivity contribution in [1.29, 1.82) is 0 Å². The van der Waals surface area contributed by atoms with Gasteiger partial charge in [-0.15, -0.1) is 0 Å². The smallest absolute Gasteiger partial charge is 0.155 e. The zero-order chi connectivity index (χ0) is 18.0.